The Morgan fingerprint density at radius 3 is 2.50 bits per heavy atom. The van der Waals surface area contributed by atoms with Gasteiger partial charge >= 0.3 is 5.63 Å². The molecule has 0 fully saturated rings. The monoisotopic (exact) mass is 411 g/mol. The molecular formula is C21H18BrNO3. The molecule has 26 heavy (non-hydrogen) atoms. The van der Waals surface area contributed by atoms with E-state index in [1.165, 1.54) is 5.56 Å². The van der Waals surface area contributed by atoms with Gasteiger partial charge in [-0.2, -0.15) is 0 Å². The standard InChI is InChI=1S/C21H18BrNO3/c22-13-5-7-14(8-6-13)23-11-18-19(25-12-23)10-9-16-15-3-1-2-4-17(15)21(24)26-20(16)18/h5-10H,1-4,11-12H2. The number of fused-ring (bicyclic) bond motifs is 5. The lowest BCUT2D eigenvalue weighted by Gasteiger charge is -2.31. The molecule has 0 spiro atoms. The summed E-state index contributed by atoms with van der Waals surface area (Å²) in [5.74, 6) is 0.810. The quantitative estimate of drug-likeness (QED) is 0.539. The van der Waals surface area contributed by atoms with Crippen molar-refractivity contribution >= 4 is 32.6 Å². The average Bonchev–Trinajstić information content (AvgIpc) is 2.68. The molecule has 5 rings (SSSR count). The molecule has 0 radical (unpaired) electrons. The zero-order chi connectivity index (χ0) is 17.7. The second-order valence-corrected chi connectivity index (χ2v) is 7.84. The summed E-state index contributed by atoms with van der Waals surface area (Å²) < 4.78 is 12.8. The minimum atomic E-state index is -0.179. The zero-order valence-corrected chi connectivity index (χ0v) is 15.8. The van der Waals surface area contributed by atoms with E-state index in [0.29, 0.717) is 18.9 Å². The van der Waals surface area contributed by atoms with Gasteiger partial charge in [-0.1, -0.05) is 15.9 Å². The van der Waals surface area contributed by atoms with Crippen LogP contribution in [0.5, 0.6) is 5.75 Å². The topological polar surface area (TPSA) is 42.7 Å². The van der Waals surface area contributed by atoms with Crippen LogP contribution in [0, 0.1) is 0 Å². The summed E-state index contributed by atoms with van der Waals surface area (Å²) in [6, 6.07) is 12.2. The highest BCUT2D eigenvalue weighted by Gasteiger charge is 2.25. The van der Waals surface area contributed by atoms with Crippen LogP contribution in [0.1, 0.15) is 29.5 Å². The molecule has 1 aliphatic heterocycles. The van der Waals surface area contributed by atoms with E-state index in [0.717, 1.165) is 58.1 Å². The van der Waals surface area contributed by atoms with Gasteiger partial charge in [0.1, 0.15) is 11.3 Å². The summed E-state index contributed by atoms with van der Waals surface area (Å²) in [6.45, 7) is 1.14. The summed E-state index contributed by atoms with van der Waals surface area (Å²) in [5.41, 5.74) is 4.59. The fourth-order valence-electron chi connectivity index (χ4n) is 4.03. The van der Waals surface area contributed by atoms with E-state index >= 15 is 0 Å². The Morgan fingerprint density at radius 1 is 0.923 bits per heavy atom. The van der Waals surface area contributed by atoms with E-state index in [9.17, 15) is 4.79 Å². The number of halogens is 1. The Balaban J connectivity index is 1.64. The number of ether oxygens (including phenoxy) is 1. The molecule has 1 aromatic heterocycles. The molecule has 1 aliphatic carbocycles. The van der Waals surface area contributed by atoms with Crippen LogP contribution in [0.25, 0.3) is 11.0 Å². The first kappa shape index (κ1) is 15.9. The van der Waals surface area contributed by atoms with Crippen molar-refractivity contribution < 1.29 is 9.15 Å². The molecule has 0 bridgehead atoms. The van der Waals surface area contributed by atoms with Gasteiger partial charge in [0, 0.05) is 21.1 Å². The Hall–Kier alpha value is -2.27. The fourth-order valence-corrected chi connectivity index (χ4v) is 4.30. The second-order valence-electron chi connectivity index (χ2n) is 6.92. The van der Waals surface area contributed by atoms with Crippen molar-refractivity contribution in [1.82, 2.24) is 0 Å². The van der Waals surface area contributed by atoms with E-state index in [1.807, 2.05) is 18.2 Å². The Labute approximate surface area is 159 Å². The van der Waals surface area contributed by atoms with Crippen molar-refractivity contribution in [2.75, 3.05) is 11.6 Å². The van der Waals surface area contributed by atoms with Gasteiger partial charge in [-0.3, -0.25) is 0 Å². The molecule has 2 aliphatic rings. The lowest BCUT2D eigenvalue weighted by Crippen LogP contribution is -2.32. The van der Waals surface area contributed by atoms with Crippen LogP contribution in [0.4, 0.5) is 5.69 Å². The van der Waals surface area contributed by atoms with Crippen molar-refractivity contribution in [1.29, 1.82) is 0 Å². The maximum Gasteiger partial charge on any atom is 0.339 e. The third kappa shape index (κ3) is 2.53. The van der Waals surface area contributed by atoms with Crippen LogP contribution in [0.2, 0.25) is 0 Å². The predicted octanol–water partition coefficient (Wildman–Crippen LogP) is 4.79. The highest BCUT2D eigenvalue weighted by atomic mass is 79.9. The van der Waals surface area contributed by atoms with Gasteiger partial charge < -0.3 is 14.1 Å². The first-order valence-electron chi connectivity index (χ1n) is 8.94. The summed E-state index contributed by atoms with van der Waals surface area (Å²) in [6.07, 6.45) is 3.97. The first-order valence-corrected chi connectivity index (χ1v) is 9.74. The Kier molecular flexibility index (Phi) is 3.78. The van der Waals surface area contributed by atoms with Gasteiger partial charge in [0.15, 0.2) is 6.73 Å². The maximum atomic E-state index is 12.5. The molecule has 0 saturated heterocycles. The van der Waals surface area contributed by atoms with Crippen LogP contribution >= 0.6 is 15.9 Å². The number of hydrogen-bond donors (Lipinski definition) is 0. The van der Waals surface area contributed by atoms with E-state index in [-0.39, 0.29) is 5.63 Å². The van der Waals surface area contributed by atoms with Crippen LogP contribution in [-0.4, -0.2) is 6.73 Å². The SMILES string of the molecule is O=c1oc2c3c(ccc2c2c1CCCC2)OCN(c1ccc(Br)cc1)C3. The largest absolute Gasteiger partial charge is 0.473 e. The maximum absolute atomic E-state index is 12.5. The van der Waals surface area contributed by atoms with Gasteiger partial charge in [0.25, 0.3) is 0 Å². The number of aryl methyl sites for hydroxylation is 1. The van der Waals surface area contributed by atoms with Crippen molar-refractivity contribution in [3.63, 3.8) is 0 Å². The van der Waals surface area contributed by atoms with Crippen molar-refractivity contribution in [3.05, 3.63) is 68.0 Å². The molecule has 5 heteroatoms. The summed E-state index contributed by atoms with van der Waals surface area (Å²) >= 11 is 3.47. The van der Waals surface area contributed by atoms with Gasteiger partial charge in [-0.15, -0.1) is 0 Å². The molecule has 2 aromatic carbocycles. The van der Waals surface area contributed by atoms with E-state index < -0.39 is 0 Å². The van der Waals surface area contributed by atoms with Crippen LogP contribution < -0.4 is 15.3 Å². The summed E-state index contributed by atoms with van der Waals surface area (Å²) in [5, 5.41) is 1.07. The van der Waals surface area contributed by atoms with Crippen molar-refractivity contribution in [2.45, 2.75) is 32.2 Å². The average molecular weight is 412 g/mol. The second kappa shape index (κ2) is 6.16. The van der Waals surface area contributed by atoms with Gasteiger partial charge in [-0.05, 0) is 67.6 Å². The minimum absolute atomic E-state index is 0.179. The number of nitrogens with zero attached hydrogens (tertiary/aromatic N) is 1. The molecule has 2 heterocycles. The molecule has 4 nitrogen and oxygen atoms in total. The molecule has 0 saturated carbocycles. The van der Waals surface area contributed by atoms with Gasteiger partial charge in [-0.25, -0.2) is 4.79 Å². The third-order valence-electron chi connectivity index (χ3n) is 5.37. The van der Waals surface area contributed by atoms with Crippen molar-refractivity contribution in [3.8, 4) is 5.75 Å². The van der Waals surface area contributed by atoms with Crippen LogP contribution in [0.15, 0.2) is 50.1 Å². The van der Waals surface area contributed by atoms with Crippen LogP contribution in [0.3, 0.4) is 0 Å². The number of hydrogen-bond acceptors (Lipinski definition) is 4. The normalized spacial score (nSPS) is 16.1. The third-order valence-corrected chi connectivity index (χ3v) is 5.90. The highest BCUT2D eigenvalue weighted by Crippen LogP contribution is 2.36. The molecule has 132 valence electrons. The highest BCUT2D eigenvalue weighted by molar-refractivity contribution is 9.10. The summed E-state index contributed by atoms with van der Waals surface area (Å²) in [7, 11) is 0. The lowest BCUT2D eigenvalue weighted by atomic mass is 9.90. The number of anilines is 1. The molecular weight excluding hydrogens is 394 g/mol. The Bertz CT molecular complexity index is 1060. The number of rotatable bonds is 1. The number of benzene rings is 2. The molecule has 3 aromatic rings. The van der Waals surface area contributed by atoms with E-state index in [1.54, 1.807) is 0 Å². The zero-order valence-electron chi connectivity index (χ0n) is 14.3. The predicted molar refractivity (Wildman–Crippen MR) is 105 cm³/mol. The van der Waals surface area contributed by atoms with Crippen molar-refractivity contribution in [2.24, 2.45) is 0 Å². The molecule has 0 N–H and O–H groups in total. The molecule has 0 amide bonds. The smallest absolute Gasteiger partial charge is 0.339 e. The minimum Gasteiger partial charge on any atom is -0.473 e. The van der Waals surface area contributed by atoms with Crippen LogP contribution in [-0.2, 0) is 19.4 Å². The molecule has 0 unspecified atom stereocenters. The first-order chi connectivity index (χ1) is 12.7. The lowest BCUT2D eigenvalue weighted by molar-refractivity contribution is 0.289. The van der Waals surface area contributed by atoms with Gasteiger partial charge in [0.2, 0.25) is 0 Å². The van der Waals surface area contributed by atoms with Gasteiger partial charge in [0.05, 0.1) is 12.1 Å². The fraction of sp³-hybridized carbons (Fsp3) is 0.286. The van der Waals surface area contributed by atoms with E-state index in [4.69, 9.17) is 9.15 Å². The summed E-state index contributed by atoms with van der Waals surface area (Å²) in [4.78, 5) is 14.7. The molecule has 0 atom stereocenters. The Morgan fingerprint density at radius 2 is 1.69 bits per heavy atom. The van der Waals surface area contributed by atoms with E-state index in [2.05, 4.69) is 39.0 Å².